The Kier molecular flexibility index (Phi) is 231. The summed E-state index contributed by atoms with van der Waals surface area (Å²) in [5.74, 6) is 12.2. The number of imidazole rings is 1. The zero-order chi connectivity index (χ0) is 100.0. The number of nitrogens with zero attached hydrogens (tertiary/aromatic N) is 4. The number of aromatic amines is 2. The van der Waals surface area contributed by atoms with Gasteiger partial charge in [0.2, 0.25) is 0 Å². The van der Waals surface area contributed by atoms with Crippen LogP contribution in [0.3, 0.4) is 0 Å². The van der Waals surface area contributed by atoms with Crippen molar-refractivity contribution in [2.75, 3.05) is 123 Å². The minimum Gasteiger partial charge on any atom is -0.464 e. The van der Waals surface area contributed by atoms with Crippen molar-refractivity contribution >= 4 is 142 Å². The highest BCUT2D eigenvalue weighted by Gasteiger charge is 1.99. The van der Waals surface area contributed by atoms with E-state index in [2.05, 4.69) is 148 Å². The van der Waals surface area contributed by atoms with Crippen molar-refractivity contribution in [3.05, 3.63) is 182 Å². The maximum absolute atomic E-state index is 5.12. The summed E-state index contributed by atoms with van der Waals surface area (Å²) in [6, 6.07) is 48.9. The van der Waals surface area contributed by atoms with E-state index >= 15 is 0 Å². The molecule has 0 amide bonds. The van der Waals surface area contributed by atoms with E-state index < -0.39 is 0 Å². The van der Waals surface area contributed by atoms with Crippen LogP contribution < -0.4 is 5.32 Å². The van der Waals surface area contributed by atoms with Crippen LogP contribution in [0.4, 0.5) is 0 Å². The summed E-state index contributed by atoms with van der Waals surface area (Å²) in [5, 5.41) is 10.5. The first kappa shape index (κ1) is 161. The number of hydrogen-bond donors (Lipinski definition) is 3. The van der Waals surface area contributed by atoms with E-state index in [0.717, 1.165) is 68.1 Å². The van der Waals surface area contributed by atoms with Crippen LogP contribution >= 0.6 is 81.9 Å². The highest BCUT2D eigenvalue weighted by molar-refractivity contribution is 8.16. The van der Waals surface area contributed by atoms with Crippen molar-refractivity contribution in [2.45, 2.75) is 317 Å². The second-order valence-electron chi connectivity index (χ2n) is 17.4. The lowest BCUT2D eigenvalue weighted by molar-refractivity contribution is -0.0334. The third-order valence-electron chi connectivity index (χ3n) is 11.4. The first-order chi connectivity index (χ1) is 62.3. The summed E-state index contributed by atoms with van der Waals surface area (Å²) >= 11 is 13.9. The maximum atomic E-state index is 5.12. The SMILES string of the molecule is C1=NCCCS1.C1=NCCOC1.C1COCCO1.C1CSCCN1.C1CSCCS1.C1CSCSC1.CC.CC.CC.CC.CC.CC.CC.CC.CC.CC.CC.CC.CC.CC.CC.CC.CC.CC.CC.CC.CC.CC.c1ccc2[nH]ccc2c1.c1ccc2[nH]cnc2c1.c1ccc2occc2c1.c1ccc2sccc2c1.c1ccn2cccc2c1. The first-order valence-electron chi connectivity index (χ1n) is 49.5. The predicted octanol–water partition coefficient (Wildman–Crippen LogP) is 38.5. The van der Waals surface area contributed by atoms with Gasteiger partial charge in [-0.3, -0.25) is 9.98 Å². The molecule has 4 aromatic carbocycles. The molecular formula is C107H211N7O4S7. The fraction of sp³-hybridized carbons (Fsp3) is 0.617. The second kappa shape index (κ2) is 180. The first-order valence-corrected chi connectivity index (χ1v) is 57.2. The van der Waals surface area contributed by atoms with Crippen LogP contribution in [0.15, 0.2) is 197 Å². The van der Waals surface area contributed by atoms with E-state index in [9.17, 15) is 0 Å². The Morgan fingerprint density at radius 1 is 0.336 bits per heavy atom. The molecule has 0 saturated carbocycles. The highest BCUT2D eigenvalue weighted by atomic mass is 32.2. The fourth-order valence-corrected chi connectivity index (χ4v) is 14.1. The molecule has 0 bridgehead atoms. The number of benzene rings is 4. The van der Waals surface area contributed by atoms with Gasteiger partial charge >= 0.3 is 0 Å². The number of thioether (sulfide) groups is 6. The largest absolute Gasteiger partial charge is 0.464 e. The maximum Gasteiger partial charge on any atom is 0.133 e. The second-order valence-corrected chi connectivity index (χ2v) is 25.6. The number of furan rings is 1. The van der Waals surface area contributed by atoms with Crippen molar-refractivity contribution in [2.24, 2.45) is 9.98 Å². The van der Waals surface area contributed by atoms with Gasteiger partial charge < -0.3 is 38.3 Å². The average Bonchev–Trinajstić information content (AvgIpc) is 1.78. The van der Waals surface area contributed by atoms with Gasteiger partial charge in [-0.05, 0) is 113 Å². The van der Waals surface area contributed by atoms with Gasteiger partial charge in [0.15, 0.2) is 0 Å². The van der Waals surface area contributed by atoms with Crippen LogP contribution in [0.1, 0.15) is 317 Å². The minimum atomic E-state index is 0.708. The Morgan fingerprint density at radius 2 is 0.776 bits per heavy atom. The number of fused-ring (bicyclic) bond motifs is 5. The number of ether oxygens (including phenoxy) is 3. The molecule has 0 unspecified atom stereocenters. The van der Waals surface area contributed by atoms with E-state index in [1.165, 1.54) is 109 Å². The lowest BCUT2D eigenvalue weighted by Crippen LogP contribution is -2.24. The molecule has 6 aromatic heterocycles. The standard InChI is InChI=1S/2C8H7N.C8H6O.C8H6S.C7H6N2.C4H7NO.C4H9NS.C4H7NS.C4H8O2.2C4H8S2.22C2H6/c1-2-6-9-7-3-5-8(9)4-1;3*1-2-4-8-7(3-1)5-6-9-8;1-2-4-7-6(3-1)8-5-9-7;2*1-3-6-4-2-5-1;1-2-5-4-6-3-1;2*1-2-6-4-3-5-1;1-2-5-4-6-3-1;22*1-2/h1-7H;1-6,9H;2*1-6H;1-5H,(H,8,9);1H,2-4H2;5H,1-4H2;4H,1-3H2;3*1-4H2;22*1-2H3. The van der Waals surface area contributed by atoms with Crippen LogP contribution in [-0.2, 0) is 14.2 Å². The van der Waals surface area contributed by atoms with E-state index in [1.807, 2.05) is 425 Å². The number of pyridine rings is 1. The summed E-state index contributed by atoms with van der Waals surface area (Å²) in [7, 11) is 0. The van der Waals surface area contributed by atoms with Crippen molar-refractivity contribution in [1.82, 2.24) is 24.7 Å². The van der Waals surface area contributed by atoms with E-state index in [4.69, 9.17) is 18.6 Å². The monoisotopic (exact) mass is 1880 g/mol. The zero-order valence-electron chi connectivity index (χ0n) is 90.3. The normalized spacial score (nSPS) is 11.4. The quantitative estimate of drug-likeness (QED) is 0.134. The number of aliphatic imine (C=N–C) groups is 2. The Balaban J connectivity index is -0.0000000657. The molecule has 12 heterocycles. The number of thiophene rings is 1. The summed E-state index contributed by atoms with van der Waals surface area (Å²) in [6.45, 7) is 96.9. The molecule has 18 heteroatoms. The van der Waals surface area contributed by atoms with Gasteiger partial charge in [0.25, 0.3) is 0 Å². The van der Waals surface area contributed by atoms with Crippen molar-refractivity contribution in [3.63, 3.8) is 0 Å². The van der Waals surface area contributed by atoms with E-state index in [1.54, 1.807) is 41.9 Å². The Morgan fingerprint density at radius 3 is 1.12 bits per heavy atom. The molecule has 0 spiro atoms. The van der Waals surface area contributed by atoms with Gasteiger partial charge in [0.1, 0.15) is 5.58 Å². The summed E-state index contributed by atoms with van der Waals surface area (Å²) in [4.78, 5) is 18.1. The molecule has 6 aliphatic rings. The lowest BCUT2D eigenvalue weighted by Gasteiger charge is -2.09. The number of aromatic nitrogens is 4. The molecule has 0 aliphatic carbocycles. The van der Waals surface area contributed by atoms with Crippen molar-refractivity contribution in [3.8, 4) is 0 Å². The number of nitrogens with one attached hydrogen (secondary N) is 3. The van der Waals surface area contributed by atoms with Gasteiger partial charge in [-0.15, -0.1) is 23.1 Å². The fourth-order valence-electron chi connectivity index (χ4n) is 7.30. The van der Waals surface area contributed by atoms with Crippen LogP contribution in [-0.4, -0.2) is 154 Å². The van der Waals surface area contributed by atoms with Crippen LogP contribution in [0.2, 0.25) is 0 Å². The van der Waals surface area contributed by atoms with Gasteiger partial charge in [-0.2, -0.15) is 58.8 Å². The Hall–Kier alpha value is -4.57. The number of rotatable bonds is 0. The topological polar surface area (TPSA) is 126 Å². The summed E-state index contributed by atoms with van der Waals surface area (Å²) in [6.07, 6.45) is 13.9. The number of para-hydroxylation sites is 4. The summed E-state index contributed by atoms with van der Waals surface area (Å²) in [5.41, 5.74) is 7.46. The van der Waals surface area contributed by atoms with Gasteiger partial charge in [0, 0.05) is 111 Å². The van der Waals surface area contributed by atoms with E-state index in [-0.39, 0.29) is 0 Å². The smallest absolute Gasteiger partial charge is 0.133 e. The molecule has 10 aromatic rings. The zero-order valence-corrected chi connectivity index (χ0v) is 96.0. The van der Waals surface area contributed by atoms with Gasteiger partial charge in [-0.1, -0.05) is 377 Å². The molecule has 0 radical (unpaired) electrons. The lowest BCUT2D eigenvalue weighted by atomic mass is 10.3. The van der Waals surface area contributed by atoms with Gasteiger partial charge in [0.05, 0.1) is 75.4 Å². The van der Waals surface area contributed by atoms with Crippen molar-refractivity contribution in [1.29, 1.82) is 0 Å². The van der Waals surface area contributed by atoms with Crippen molar-refractivity contribution < 1.29 is 18.6 Å². The van der Waals surface area contributed by atoms with E-state index in [0.29, 0.717) is 6.61 Å². The average molecular weight is 1880 g/mol. The number of hydrogen-bond acceptors (Lipinski definition) is 15. The predicted molar refractivity (Wildman–Crippen MR) is 615 cm³/mol. The summed E-state index contributed by atoms with van der Waals surface area (Å²) < 4.78 is 23.4. The molecule has 125 heavy (non-hydrogen) atoms. The number of H-pyrrole nitrogens is 2. The molecule has 3 N–H and O–H groups in total. The third kappa shape index (κ3) is 121. The molecule has 740 valence electrons. The minimum absolute atomic E-state index is 0.708. The Bertz CT molecular complexity index is 2460. The highest BCUT2D eigenvalue weighted by Crippen LogP contribution is 2.21. The molecule has 6 aliphatic heterocycles. The van der Waals surface area contributed by atoms with Crippen LogP contribution in [0.5, 0.6) is 0 Å². The molecule has 0 atom stereocenters. The molecule has 16 rings (SSSR count). The Labute approximate surface area is 811 Å². The van der Waals surface area contributed by atoms with Gasteiger partial charge in [-0.25, -0.2) is 4.98 Å². The molecule has 4 saturated heterocycles. The molecule has 4 fully saturated rings. The third-order valence-corrected chi connectivity index (χ3v) is 19.1. The van der Waals surface area contributed by atoms with Crippen LogP contribution in [0.25, 0.3) is 48.5 Å². The molecular weight excluding hydrogens is 1670 g/mol. The molecule has 11 nitrogen and oxygen atoms in total. The van der Waals surface area contributed by atoms with Crippen LogP contribution in [0, 0.1) is 0 Å².